The topological polar surface area (TPSA) is 37.5 Å². The minimum atomic E-state index is -0.209. The summed E-state index contributed by atoms with van der Waals surface area (Å²) in [6, 6.07) is 66.6. The quantitative estimate of drug-likeness (QED) is 0.190. The summed E-state index contributed by atoms with van der Waals surface area (Å²) in [4.78, 5) is 5.25. The fraction of sp³-hybridized carbons (Fsp3) is 0.0200. The normalized spacial score (nSPS) is 14.2. The van der Waals surface area contributed by atoms with Gasteiger partial charge in [0.15, 0.2) is 0 Å². The van der Waals surface area contributed by atoms with Gasteiger partial charge < -0.3 is 9.73 Å². The lowest BCUT2D eigenvalue weighted by Crippen LogP contribution is -2.24. The summed E-state index contributed by atoms with van der Waals surface area (Å²) in [5, 5.41) is 8.38. The number of aliphatic imine (C=N–C) groups is 1. The molecule has 0 aliphatic carbocycles. The van der Waals surface area contributed by atoms with E-state index in [0.29, 0.717) is 0 Å². The highest BCUT2D eigenvalue weighted by molar-refractivity contribution is 6.14. The van der Waals surface area contributed by atoms with Crippen molar-refractivity contribution >= 4 is 44.1 Å². The molecule has 1 unspecified atom stereocenters. The third-order valence-electron chi connectivity index (χ3n) is 10.3. The summed E-state index contributed by atoms with van der Waals surface area (Å²) in [6.45, 7) is 0. The van der Waals surface area contributed by atoms with Crippen LogP contribution in [-0.2, 0) is 0 Å². The number of rotatable bonds is 6. The Balaban J connectivity index is 1.00. The first kappa shape index (κ1) is 30.8. The Morgan fingerprint density at radius 3 is 1.66 bits per heavy atom. The Bertz CT molecular complexity index is 2850. The van der Waals surface area contributed by atoms with Gasteiger partial charge in [0.25, 0.3) is 0 Å². The average molecular weight is 679 g/mol. The highest BCUT2D eigenvalue weighted by atomic mass is 16.3. The van der Waals surface area contributed by atoms with Crippen LogP contribution in [0.4, 0.5) is 0 Å². The zero-order chi connectivity index (χ0) is 35.1. The van der Waals surface area contributed by atoms with E-state index in [0.717, 1.165) is 72.3 Å². The third-order valence-corrected chi connectivity index (χ3v) is 10.3. The molecule has 0 amide bonds. The molecule has 2 heterocycles. The van der Waals surface area contributed by atoms with Gasteiger partial charge in [0.1, 0.15) is 17.3 Å². The van der Waals surface area contributed by atoms with Crippen molar-refractivity contribution < 1.29 is 4.42 Å². The molecule has 0 bridgehead atoms. The van der Waals surface area contributed by atoms with Crippen molar-refractivity contribution in [2.24, 2.45) is 4.99 Å². The maximum absolute atomic E-state index is 6.29. The molecular weight excluding hydrogens is 645 g/mol. The van der Waals surface area contributed by atoms with Crippen LogP contribution >= 0.6 is 0 Å². The van der Waals surface area contributed by atoms with Crippen molar-refractivity contribution in [3.05, 3.63) is 211 Å². The minimum Gasteiger partial charge on any atom is -0.456 e. The summed E-state index contributed by atoms with van der Waals surface area (Å²) >= 11 is 0. The van der Waals surface area contributed by atoms with Crippen LogP contribution in [0.2, 0.25) is 0 Å². The molecule has 0 fully saturated rings. The first-order valence-corrected chi connectivity index (χ1v) is 18.1. The summed E-state index contributed by atoms with van der Waals surface area (Å²) in [7, 11) is 0. The van der Waals surface area contributed by atoms with Crippen molar-refractivity contribution in [1.29, 1.82) is 0 Å². The van der Waals surface area contributed by atoms with Crippen LogP contribution in [0, 0.1) is 0 Å². The van der Waals surface area contributed by atoms with Gasteiger partial charge in [-0.05, 0) is 97.8 Å². The highest BCUT2D eigenvalue weighted by Gasteiger charge is 2.20. The van der Waals surface area contributed by atoms with Gasteiger partial charge in [-0.2, -0.15) is 0 Å². The van der Waals surface area contributed by atoms with E-state index in [2.05, 4.69) is 193 Å². The molecule has 0 saturated carbocycles. The van der Waals surface area contributed by atoms with Gasteiger partial charge in [-0.3, -0.25) is 4.99 Å². The zero-order valence-corrected chi connectivity index (χ0v) is 28.9. The fourth-order valence-corrected chi connectivity index (χ4v) is 7.50. The SMILES string of the molecule is C1=C(c2ccc(-c3ccccc3)cc2)NC(c2ccccc2)N=C1c1cccc(-c2cccc(-c3ccc4oc5cc6ccccc6cc5c4c3)c2)c1. The third kappa shape index (κ3) is 5.88. The lowest BCUT2D eigenvalue weighted by molar-refractivity contribution is 0.664. The Labute approximate surface area is 308 Å². The van der Waals surface area contributed by atoms with Crippen LogP contribution in [0.15, 0.2) is 204 Å². The standard InChI is InChI=1S/C50H34N2O/c1-3-11-33(12-4-1)34-21-23-35(24-22-34)46-32-47(52-50(51-46)36-13-5-2-6-14-36)43-20-10-19-39(28-43)37-17-9-18-38(27-37)42-25-26-48-44(30-42)45-29-40-15-7-8-16-41(40)31-49(45)53-48/h1-32,50-51H. The average Bonchev–Trinajstić information content (AvgIpc) is 3.60. The van der Waals surface area contributed by atoms with Crippen LogP contribution in [-0.4, -0.2) is 5.71 Å². The molecule has 1 atom stereocenters. The number of fused-ring (bicyclic) bond motifs is 4. The van der Waals surface area contributed by atoms with Gasteiger partial charge in [-0.1, -0.05) is 152 Å². The maximum atomic E-state index is 6.29. The zero-order valence-electron chi connectivity index (χ0n) is 28.9. The summed E-state index contributed by atoms with van der Waals surface area (Å²) in [6.07, 6.45) is 1.97. The molecule has 53 heavy (non-hydrogen) atoms. The molecule has 3 heteroatoms. The lowest BCUT2D eigenvalue weighted by Gasteiger charge is -2.25. The van der Waals surface area contributed by atoms with Crippen molar-refractivity contribution in [1.82, 2.24) is 5.32 Å². The Kier molecular flexibility index (Phi) is 7.54. The molecule has 250 valence electrons. The first-order valence-electron chi connectivity index (χ1n) is 18.1. The molecule has 3 nitrogen and oxygen atoms in total. The van der Waals surface area contributed by atoms with E-state index in [1.165, 1.54) is 21.9 Å². The molecule has 8 aromatic carbocycles. The maximum Gasteiger partial charge on any atom is 0.145 e. The monoisotopic (exact) mass is 678 g/mol. The van der Waals surface area contributed by atoms with Crippen LogP contribution in [0.3, 0.4) is 0 Å². The van der Waals surface area contributed by atoms with Gasteiger partial charge in [0.2, 0.25) is 0 Å². The van der Waals surface area contributed by atoms with Crippen molar-refractivity contribution in [2.45, 2.75) is 6.17 Å². The molecule has 10 rings (SSSR count). The van der Waals surface area contributed by atoms with Crippen LogP contribution in [0.5, 0.6) is 0 Å². The second-order valence-electron chi connectivity index (χ2n) is 13.6. The van der Waals surface area contributed by atoms with E-state index < -0.39 is 0 Å². The summed E-state index contributed by atoms with van der Waals surface area (Å²) in [5.74, 6) is 0. The van der Waals surface area contributed by atoms with Crippen molar-refractivity contribution in [3.63, 3.8) is 0 Å². The number of furan rings is 1. The van der Waals surface area contributed by atoms with E-state index in [9.17, 15) is 0 Å². The van der Waals surface area contributed by atoms with Gasteiger partial charge >= 0.3 is 0 Å². The molecule has 0 saturated heterocycles. The fourth-order valence-electron chi connectivity index (χ4n) is 7.50. The van der Waals surface area contributed by atoms with Gasteiger partial charge in [-0.15, -0.1) is 0 Å². The number of hydrogen-bond donors (Lipinski definition) is 1. The first-order chi connectivity index (χ1) is 26.2. The largest absolute Gasteiger partial charge is 0.456 e. The van der Waals surface area contributed by atoms with Crippen LogP contribution in [0.1, 0.15) is 22.9 Å². The number of benzene rings is 8. The molecule has 1 aliphatic rings. The Hall–Kier alpha value is -6.97. The summed E-state index contributed by atoms with van der Waals surface area (Å²) in [5.41, 5.74) is 14.2. The lowest BCUT2D eigenvalue weighted by atomic mass is 9.95. The Morgan fingerprint density at radius 1 is 0.396 bits per heavy atom. The van der Waals surface area contributed by atoms with Crippen molar-refractivity contribution in [3.8, 4) is 33.4 Å². The number of allylic oxidation sites excluding steroid dienone is 1. The molecule has 1 N–H and O–H groups in total. The predicted molar refractivity (Wildman–Crippen MR) is 221 cm³/mol. The van der Waals surface area contributed by atoms with Crippen LogP contribution in [0.25, 0.3) is 71.8 Å². The van der Waals surface area contributed by atoms with E-state index in [1.807, 2.05) is 6.07 Å². The molecule has 9 aromatic rings. The minimum absolute atomic E-state index is 0.209. The molecule has 0 spiro atoms. The second kappa shape index (κ2) is 13.0. The van der Waals surface area contributed by atoms with Gasteiger partial charge in [0, 0.05) is 22.0 Å². The summed E-state index contributed by atoms with van der Waals surface area (Å²) < 4.78 is 6.29. The Morgan fingerprint density at radius 2 is 0.925 bits per heavy atom. The van der Waals surface area contributed by atoms with Gasteiger partial charge in [-0.25, -0.2) is 0 Å². The smallest absolute Gasteiger partial charge is 0.145 e. The molecule has 1 aliphatic heterocycles. The number of hydrogen-bond acceptors (Lipinski definition) is 3. The molecule has 1 aromatic heterocycles. The highest BCUT2D eigenvalue weighted by Crippen LogP contribution is 2.36. The van der Waals surface area contributed by atoms with E-state index in [1.54, 1.807) is 0 Å². The number of nitrogens with one attached hydrogen (secondary N) is 1. The second-order valence-corrected chi connectivity index (χ2v) is 13.6. The van der Waals surface area contributed by atoms with Crippen molar-refractivity contribution in [2.75, 3.05) is 0 Å². The molecular formula is C50H34N2O. The number of nitrogens with zero attached hydrogens (tertiary/aromatic N) is 1. The van der Waals surface area contributed by atoms with Gasteiger partial charge in [0.05, 0.1) is 5.71 Å². The van der Waals surface area contributed by atoms with Crippen LogP contribution < -0.4 is 5.32 Å². The van der Waals surface area contributed by atoms with E-state index in [4.69, 9.17) is 9.41 Å². The van der Waals surface area contributed by atoms with E-state index >= 15 is 0 Å². The molecule has 0 radical (unpaired) electrons. The predicted octanol–water partition coefficient (Wildman–Crippen LogP) is 12.9. The van der Waals surface area contributed by atoms with E-state index in [-0.39, 0.29) is 6.17 Å².